The van der Waals surface area contributed by atoms with Gasteiger partial charge in [0.2, 0.25) is 11.8 Å². The molecule has 1 aliphatic rings. The van der Waals surface area contributed by atoms with Crippen molar-refractivity contribution in [2.24, 2.45) is 4.99 Å². The summed E-state index contributed by atoms with van der Waals surface area (Å²) in [5.41, 5.74) is 4.60. The van der Waals surface area contributed by atoms with E-state index in [9.17, 15) is 9.59 Å². The third-order valence-electron chi connectivity index (χ3n) is 5.15. The van der Waals surface area contributed by atoms with Crippen molar-refractivity contribution in [1.82, 2.24) is 0 Å². The maximum Gasteiger partial charge on any atom is 0.244 e. The Labute approximate surface area is 186 Å². The lowest BCUT2D eigenvalue weighted by molar-refractivity contribution is -0.120. The Hall–Kier alpha value is -3.44. The molecule has 1 aliphatic heterocycles. The first kappa shape index (κ1) is 20.8. The van der Waals surface area contributed by atoms with Crippen molar-refractivity contribution in [2.75, 3.05) is 16.8 Å². The zero-order chi connectivity index (χ0) is 21.8. The zero-order valence-electron chi connectivity index (χ0n) is 17.1. The maximum absolute atomic E-state index is 13.2. The van der Waals surface area contributed by atoms with Crippen LogP contribution in [0.25, 0.3) is 0 Å². The first-order chi connectivity index (χ1) is 15.0. The van der Waals surface area contributed by atoms with Crippen molar-refractivity contribution in [3.05, 3.63) is 88.9 Å². The second-order valence-corrected chi connectivity index (χ2v) is 7.75. The number of nitrogens with zero attached hydrogens (tertiary/aromatic N) is 2. The van der Waals surface area contributed by atoms with Crippen molar-refractivity contribution in [3.63, 3.8) is 0 Å². The van der Waals surface area contributed by atoms with E-state index in [1.165, 1.54) is 4.90 Å². The van der Waals surface area contributed by atoms with E-state index >= 15 is 0 Å². The Bertz CT molecular complexity index is 1160. The van der Waals surface area contributed by atoms with Crippen LogP contribution in [0, 0.1) is 0 Å². The molecule has 0 spiro atoms. The van der Waals surface area contributed by atoms with Gasteiger partial charge in [0, 0.05) is 10.7 Å². The largest absolute Gasteiger partial charge is 0.325 e. The van der Waals surface area contributed by atoms with E-state index in [0.717, 1.165) is 23.2 Å². The van der Waals surface area contributed by atoms with Gasteiger partial charge >= 0.3 is 0 Å². The van der Waals surface area contributed by atoms with Gasteiger partial charge in [0.05, 0.1) is 23.5 Å². The minimum atomic E-state index is -0.258. The molecule has 0 aromatic heterocycles. The molecule has 6 heteroatoms. The molecular formula is C25H22ClN3O2. The van der Waals surface area contributed by atoms with Crippen LogP contribution in [0.4, 0.5) is 17.1 Å². The molecule has 1 N–H and O–H groups in total. The number of para-hydroxylation sites is 2. The summed E-state index contributed by atoms with van der Waals surface area (Å²) in [5.74, 6) is -0.442. The van der Waals surface area contributed by atoms with Gasteiger partial charge in [0.25, 0.3) is 0 Å². The summed E-state index contributed by atoms with van der Waals surface area (Å²) < 4.78 is 0. The molecule has 0 atom stereocenters. The molecule has 5 nitrogen and oxygen atoms in total. The van der Waals surface area contributed by atoms with Crippen LogP contribution in [0.15, 0.2) is 77.8 Å². The Morgan fingerprint density at radius 3 is 2.61 bits per heavy atom. The fourth-order valence-corrected chi connectivity index (χ4v) is 3.67. The fraction of sp³-hybridized carbons (Fsp3) is 0.160. The highest BCUT2D eigenvalue weighted by atomic mass is 35.5. The van der Waals surface area contributed by atoms with E-state index in [1.807, 2.05) is 60.7 Å². The molecule has 0 aliphatic carbocycles. The number of nitrogens with one attached hydrogen (secondary N) is 1. The van der Waals surface area contributed by atoms with Crippen molar-refractivity contribution in [2.45, 2.75) is 19.8 Å². The molecule has 31 heavy (non-hydrogen) atoms. The molecule has 156 valence electrons. The molecule has 0 saturated heterocycles. The Morgan fingerprint density at radius 1 is 1.06 bits per heavy atom. The summed E-state index contributed by atoms with van der Waals surface area (Å²) >= 11 is 6.00. The van der Waals surface area contributed by atoms with Crippen LogP contribution < -0.4 is 10.2 Å². The second kappa shape index (κ2) is 9.14. The number of amides is 2. The standard InChI is InChI=1S/C25H22ClN3O2/c1-2-17-6-5-7-20(14-17)27-24(30)16-29-23-9-4-3-8-21(23)28-22(15-25(29)31)18-10-12-19(26)13-11-18/h3-14H,2,15-16H2,1H3,(H,27,30). The van der Waals surface area contributed by atoms with Gasteiger partial charge in [-0.15, -0.1) is 0 Å². The Morgan fingerprint density at radius 2 is 1.84 bits per heavy atom. The van der Waals surface area contributed by atoms with Crippen LogP contribution in [0.2, 0.25) is 5.02 Å². The lowest BCUT2D eigenvalue weighted by Gasteiger charge is -2.22. The van der Waals surface area contributed by atoms with Gasteiger partial charge in [-0.2, -0.15) is 0 Å². The summed E-state index contributed by atoms with van der Waals surface area (Å²) in [6.07, 6.45) is 0.974. The van der Waals surface area contributed by atoms with E-state index in [1.54, 1.807) is 12.1 Å². The summed E-state index contributed by atoms with van der Waals surface area (Å²) in [7, 11) is 0. The van der Waals surface area contributed by atoms with E-state index in [4.69, 9.17) is 16.6 Å². The monoisotopic (exact) mass is 431 g/mol. The molecular weight excluding hydrogens is 410 g/mol. The van der Waals surface area contributed by atoms with Gasteiger partial charge < -0.3 is 10.2 Å². The molecule has 4 rings (SSSR count). The number of carbonyl (C=O) groups excluding carboxylic acids is 2. The average Bonchev–Trinajstić information content (AvgIpc) is 2.91. The van der Waals surface area contributed by atoms with Gasteiger partial charge in [-0.05, 0) is 53.9 Å². The van der Waals surface area contributed by atoms with Crippen LogP contribution in [0.5, 0.6) is 0 Å². The Balaban J connectivity index is 1.59. The number of aryl methyl sites for hydroxylation is 1. The van der Waals surface area contributed by atoms with E-state index in [-0.39, 0.29) is 24.8 Å². The Kier molecular flexibility index (Phi) is 6.14. The molecule has 0 bridgehead atoms. The topological polar surface area (TPSA) is 61.8 Å². The smallest absolute Gasteiger partial charge is 0.244 e. The average molecular weight is 432 g/mol. The molecule has 3 aromatic rings. The third kappa shape index (κ3) is 4.84. The third-order valence-corrected chi connectivity index (χ3v) is 5.40. The summed E-state index contributed by atoms with van der Waals surface area (Å²) in [6.45, 7) is 1.97. The number of benzene rings is 3. The molecule has 2 amide bonds. The molecule has 0 saturated carbocycles. The van der Waals surface area contributed by atoms with Gasteiger partial charge in [0.15, 0.2) is 0 Å². The number of rotatable bonds is 5. The maximum atomic E-state index is 13.2. The summed E-state index contributed by atoms with van der Waals surface area (Å²) in [6, 6.07) is 22.3. The predicted octanol–water partition coefficient (Wildman–Crippen LogP) is 5.40. The minimum Gasteiger partial charge on any atom is -0.325 e. The molecule has 0 radical (unpaired) electrons. The van der Waals surface area contributed by atoms with Crippen LogP contribution in [-0.4, -0.2) is 24.1 Å². The van der Waals surface area contributed by atoms with Gasteiger partial charge in [-0.3, -0.25) is 14.6 Å². The van der Waals surface area contributed by atoms with Gasteiger partial charge in [-0.25, -0.2) is 0 Å². The normalized spacial score (nSPS) is 13.3. The van der Waals surface area contributed by atoms with Crippen LogP contribution in [0.3, 0.4) is 0 Å². The van der Waals surface area contributed by atoms with E-state index in [2.05, 4.69) is 12.2 Å². The molecule has 0 unspecified atom stereocenters. The van der Waals surface area contributed by atoms with Crippen LogP contribution >= 0.6 is 11.6 Å². The van der Waals surface area contributed by atoms with Crippen LogP contribution in [-0.2, 0) is 16.0 Å². The van der Waals surface area contributed by atoms with Gasteiger partial charge in [0.1, 0.15) is 6.54 Å². The highest BCUT2D eigenvalue weighted by Crippen LogP contribution is 2.33. The van der Waals surface area contributed by atoms with Crippen molar-refractivity contribution < 1.29 is 9.59 Å². The van der Waals surface area contributed by atoms with E-state index < -0.39 is 0 Å². The number of hydrogen-bond acceptors (Lipinski definition) is 3. The quantitative estimate of drug-likeness (QED) is 0.588. The van der Waals surface area contributed by atoms with Crippen molar-refractivity contribution in [1.29, 1.82) is 0 Å². The highest BCUT2D eigenvalue weighted by Gasteiger charge is 2.26. The number of aliphatic imine (C=N–C) groups is 1. The molecule has 3 aromatic carbocycles. The number of hydrogen-bond donors (Lipinski definition) is 1. The minimum absolute atomic E-state index is 0.0877. The number of anilines is 2. The summed E-state index contributed by atoms with van der Waals surface area (Å²) in [4.78, 5) is 32.2. The van der Waals surface area contributed by atoms with Crippen molar-refractivity contribution >= 4 is 46.2 Å². The van der Waals surface area contributed by atoms with E-state index in [0.29, 0.717) is 22.1 Å². The van der Waals surface area contributed by atoms with Gasteiger partial charge in [-0.1, -0.05) is 54.9 Å². The number of carbonyl (C=O) groups is 2. The molecule has 1 heterocycles. The zero-order valence-corrected chi connectivity index (χ0v) is 17.9. The first-order valence-electron chi connectivity index (χ1n) is 10.1. The second-order valence-electron chi connectivity index (χ2n) is 7.31. The van der Waals surface area contributed by atoms with Crippen molar-refractivity contribution in [3.8, 4) is 0 Å². The summed E-state index contributed by atoms with van der Waals surface area (Å²) in [5, 5.41) is 3.52. The fourth-order valence-electron chi connectivity index (χ4n) is 3.54. The predicted molar refractivity (Wildman–Crippen MR) is 126 cm³/mol. The molecule has 0 fully saturated rings. The van der Waals surface area contributed by atoms with Crippen LogP contribution in [0.1, 0.15) is 24.5 Å². The number of halogens is 1. The lowest BCUT2D eigenvalue weighted by atomic mass is 10.1. The SMILES string of the molecule is CCc1cccc(NC(=O)CN2C(=O)CC(c3ccc(Cl)cc3)=Nc3ccccc32)c1. The number of fused-ring (bicyclic) bond motifs is 1. The first-order valence-corrected chi connectivity index (χ1v) is 10.5. The lowest BCUT2D eigenvalue weighted by Crippen LogP contribution is -2.38. The highest BCUT2D eigenvalue weighted by molar-refractivity contribution is 6.30.